The van der Waals surface area contributed by atoms with Crippen LogP contribution in [0.25, 0.3) is 11.2 Å². The maximum absolute atomic E-state index is 12.9. The Balaban J connectivity index is 1.81. The number of aromatic nitrogens is 4. The lowest BCUT2D eigenvalue weighted by atomic mass is 9.99. The molecule has 0 saturated carbocycles. The van der Waals surface area contributed by atoms with Crippen LogP contribution in [0.2, 0.25) is 0 Å². The molecule has 13 nitrogen and oxygen atoms in total. The van der Waals surface area contributed by atoms with Gasteiger partial charge in [-0.1, -0.05) is 37.6 Å². The third-order valence-electron chi connectivity index (χ3n) is 6.10. The van der Waals surface area contributed by atoms with Crippen molar-refractivity contribution in [2.24, 2.45) is 0 Å². The van der Waals surface area contributed by atoms with Gasteiger partial charge in [0.2, 0.25) is 5.91 Å². The predicted octanol–water partition coefficient (Wildman–Crippen LogP) is 1.53. The summed E-state index contributed by atoms with van der Waals surface area (Å²) in [5.41, 5.74) is 7.30. The smallest absolute Gasteiger partial charge is 0.327 e. The number of nitrogen functional groups attached to an aromatic ring is 1. The first-order valence-corrected chi connectivity index (χ1v) is 14.6. The number of nitrogens with two attached hydrogens (primary N) is 1. The van der Waals surface area contributed by atoms with Gasteiger partial charge < -0.3 is 25.5 Å². The Morgan fingerprint density at radius 2 is 2.00 bits per heavy atom. The summed E-state index contributed by atoms with van der Waals surface area (Å²) in [6.07, 6.45) is 3.00. The number of ether oxygens (including phenoxy) is 1. The minimum Gasteiger partial charge on any atom is -0.481 e. The number of nitrogens with one attached hydrogen (secondary N) is 1. The zero-order valence-corrected chi connectivity index (χ0v) is 23.0. The van der Waals surface area contributed by atoms with Crippen molar-refractivity contribution in [1.29, 1.82) is 0 Å². The van der Waals surface area contributed by atoms with Crippen LogP contribution in [0.3, 0.4) is 0 Å². The number of fused-ring (bicyclic) bond motifs is 1. The van der Waals surface area contributed by atoms with Crippen LogP contribution in [0.4, 0.5) is 5.82 Å². The van der Waals surface area contributed by atoms with E-state index in [2.05, 4.69) is 15.0 Å². The molecule has 0 fully saturated rings. The van der Waals surface area contributed by atoms with E-state index < -0.39 is 39.1 Å². The molecule has 0 radical (unpaired) electrons. The summed E-state index contributed by atoms with van der Waals surface area (Å²) < 4.78 is 30.6. The number of aliphatic carboxylic acids is 1. The van der Waals surface area contributed by atoms with Crippen molar-refractivity contribution in [1.82, 2.24) is 24.4 Å². The average Bonchev–Trinajstić information content (AvgIpc) is 3.17. The Kier molecular flexibility index (Phi) is 9.67. The second-order valence-corrected chi connectivity index (χ2v) is 11.6. The molecule has 1 amide bonds. The van der Waals surface area contributed by atoms with Crippen molar-refractivity contribution in [3.8, 4) is 6.01 Å². The fourth-order valence-electron chi connectivity index (χ4n) is 3.96. The molecule has 0 spiro atoms. The van der Waals surface area contributed by atoms with Gasteiger partial charge in [-0.2, -0.15) is 9.97 Å². The highest BCUT2D eigenvalue weighted by molar-refractivity contribution is 7.91. The summed E-state index contributed by atoms with van der Waals surface area (Å²) in [5.74, 6) is -2.93. The molecule has 0 aliphatic rings. The van der Waals surface area contributed by atoms with Crippen molar-refractivity contribution in [3.63, 3.8) is 0 Å². The van der Waals surface area contributed by atoms with Crippen LogP contribution in [0.15, 0.2) is 29.1 Å². The molecule has 2 aromatic heterocycles. The van der Waals surface area contributed by atoms with E-state index in [-0.39, 0.29) is 42.6 Å². The monoisotopic (exact) mass is 562 g/mol. The van der Waals surface area contributed by atoms with Gasteiger partial charge in [-0.3, -0.25) is 14.2 Å². The van der Waals surface area contributed by atoms with Gasteiger partial charge in [0.05, 0.1) is 12.5 Å². The van der Waals surface area contributed by atoms with Crippen molar-refractivity contribution in [2.75, 3.05) is 30.9 Å². The molecule has 1 unspecified atom stereocenters. The lowest BCUT2D eigenvalue weighted by Crippen LogP contribution is -2.36. The van der Waals surface area contributed by atoms with Crippen LogP contribution >= 0.6 is 0 Å². The lowest BCUT2D eigenvalue weighted by molar-refractivity contribution is -0.138. The molecule has 3 aromatic rings. The summed E-state index contributed by atoms with van der Waals surface area (Å²) >= 11 is 0. The lowest BCUT2D eigenvalue weighted by Gasteiger charge is -2.23. The molecule has 212 valence electrons. The van der Waals surface area contributed by atoms with E-state index >= 15 is 0 Å². The molecule has 4 N–H and O–H groups in total. The zero-order chi connectivity index (χ0) is 28.7. The van der Waals surface area contributed by atoms with Crippen LogP contribution < -0.4 is 16.2 Å². The summed E-state index contributed by atoms with van der Waals surface area (Å²) in [6, 6.07) is 6.86. The molecular formula is C25H34N6O7S. The van der Waals surface area contributed by atoms with E-state index in [0.717, 1.165) is 19.1 Å². The highest BCUT2D eigenvalue weighted by Gasteiger charge is 2.21. The summed E-state index contributed by atoms with van der Waals surface area (Å²) in [5, 5.41) is 9.33. The molecule has 39 heavy (non-hydrogen) atoms. The number of carbonyl (C=O) groups is 2. The van der Waals surface area contributed by atoms with Crippen molar-refractivity contribution in [2.45, 2.75) is 52.1 Å². The van der Waals surface area contributed by atoms with Crippen LogP contribution in [-0.4, -0.2) is 75.0 Å². The van der Waals surface area contributed by atoms with Crippen molar-refractivity contribution < 1.29 is 27.9 Å². The Morgan fingerprint density at radius 3 is 2.67 bits per heavy atom. The first-order valence-electron chi connectivity index (χ1n) is 12.6. The van der Waals surface area contributed by atoms with E-state index in [1.807, 2.05) is 6.92 Å². The predicted molar refractivity (Wildman–Crippen MR) is 145 cm³/mol. The summed E-state index contributed by atoms with van der Waals surface area (Å²) in [7, 11) is -3.59. The number of hydrogen-bond acceptors (Lipinski definition) is 9. The number of carboxylic acid groups (broad SMARTS) is 1. The summed E-state index contributed by atoms with van der Waals surface area (Å²) in [6.45, 7) is 4.34. The number of imidazole rings is 1. The maximum atomic E-state index is 12.9. The zero-order valence-electron chi connectivity index (χ0n) is 22.2. The van der Waals surface area contributed by atoms with Gasteiger partial charge in [0.15, 0.2) is 21.3 Å². The van der Waals surface area contributed by atoms with Gasteiger partial charge in [-0.05, 0) is 30.9 Å². The first kappa shape index (κ1) is 29.6. The Labute approximate surface area is 225 Å². The van der Waals surface area contributed by atoms with Gasteiger partial charge in [0.1, 0.15) is 11.3 Å². The van der Waals surface area contributed by atoms with E-state index in [9.17, 15) is 27.9 Å². The average molecular weight is 563 g/mol. The number of anilines is 1. The number of aryl methyl sites for hydroxylation is 1. The van der Waals surface area contributed by atoms with Gasteiger partial charge in [-0.25, -0.2) is 13.2 Å². The highest BCUT2D eigenvalue weighted by Crippen LogP contribution is 2.20. The molecule has 0 aliphatic carbocycles. The number of carboxylic acids is 1. The normalized spacial score (nSPS) is 12.4. The van der Waals surface area contributed by atoms with Crippen LogP contribution in [0, 0.1) is 0 Å². The standard InChI is InChI=1S/C25H34N6O7S/c1-4-5-12-38-24-28-21(26)20-22(29-24)31(25(35)27-20)11-7-10-30(19(32)15-39(3,36)37)14-17-8-6-9-18(13-17)16(2)23(33)34/h6,8-9,13,16H,4-5,7,10-12,14-15H2,1-3H3,(H,27,35)(H,33,34)(H2,26,28,29). The molecule has 2 heterocycles. The Hall–Kier alpha value is -3.94. The minimum atomic E-state index is -3.59. The number of hydrogen-bond donors (Lipinski definition) is 3. The maximum Gasteiger partial charge on any atom is 0.327 e. The molecule has 1 atom stereocenters. The van der Waals surface area contributed by atoms with Gasteiger partial charge in [0, 0.05) is 25.9 Å². The third kappa shape index (κ3) is 8.02. The number of amides is 1. The Bertz CT molecular complexity index is 1500. The number of rotatable bonds is 14. The molecular weight excluding hydrogens is 528 g/mol. The SMILES string of the molecule is CCCCOc1nc(N)c2[nH]c(=O)n(CCCN(Cc3cccc(C(C)C(=O)O)c3)C(=O)CS(C)(=O)=O)c2n1. The highest BCUT2D eigenvalue weighted by atomic mass is 32.2. The molecule has 1 aromatic carbocycles. The van der Waals surface area contributed by atoms with Gasteiger partial charge in [0.25, 0.3) is 0 Å². The molecule has 0 bridgehead atoms. The fourth-order valence-corrected chi connectivity index (χ4v) is 4.59. The molecule has 0 saturated heterocycles. The number of sulfone groups is 1. The number of aromatic amines is 1. The van der Waals surface area contributed by atoms with E-state index in [1.54, 1.807) is 31.2 Å². The molecule has 3 rings (SSSR count). The number of benzene rings is 1. The molecule has 14 heteroatoms. The number of nitrogens with zero attached hydrogens (tertiary/aromatic N) is 4. The van der Waals surface area contributed by atoms with Gasteiger partial charge >= 0.3 is 17.7 Å². The number of carbonyl (C=O) groups excluding carboxylic acids is 1. The third-order valence-corrected chi connectivity index (χ3v) is 6.87. The second-order valence-electron chi connectivity index (χ2n) is 9.42. The Morgan fingerprint density at radius 1 is 1.26 bits per heavy atom. The van der Waals surface area contributed by atoms with Crippen LogP contribution in [0.5, 0.6) is 6.01 Å². The van der Waals surface area contributed by atoms with E-state index in [4.69, 9.17) is 10.5 Å². The van der Waals surface area contributed by atoms with Crippen LogP contribution in [0.1, 0.15) is 50.2 Å². The largest absolute Gasteiger partial charge is 0.481 e. The van der Waals surface area contributed by atoms with Crippen molar-refractivity contribution in [3.05, 3.63) is 45.9 Å². The van der Waals surface area contributed by atoms with Crippen LogP contribution in [-0.2, 0) is 32.5 Å². The minimum absolute atomic E-state index is 0.0571. The quantitative estimate of drug-likeness (QED) is 0.243. The van der Waals surface area contributed by atoms with E-state index in [0.29, 0.717) is 24.2 Å². The summed E-state index contributed by atoms with van der Waals surface area (Å²) in [4.78, 5) is 49.4. The number of unbranched alkanes of at least 4 members (excludes halogenated alkanes) is 1. The second kappa shape index (κ2) is 12.7. The molecule has 0 aliphatic heterocycles. The first-order chi connectivity index (χ1) is 18.4. The van der Waals surface area contributed by atoms with Gasteiger partial charge in [-0.15, -0.1) is 0 Å². The topological polar surface area (TPSA) is 191 Å². The number of H-pyrrole nitrogens is 1. The fraction of sp³-hybridized carbons (Fsp3) is 0.480. The van der Waals surface area contributed by atoms with Crippen molar-refractivity contribution >= 4 is 38.7 Å². The van der Waals surface area contributed by atoms with E-state index in [1.165, 1.54) is 9.47 Å².